The van der Waals surface area contributed by atoms with Crippen LogP contribution >= 0.6 is 0 Å². The van der Waals surface area contributed by atoms with Crippen LogP contribution in [0.25, 0.3) is 0 Å². The standard InChI is InChI=1S/C12H14FN3/c1-9(10-5-3-4-6-11(10)13)15-12-14-7-8-16(12)2/h3-9H,1-2H3,(H,14,15). The minimum atomic E-state index is -0.197. The van der Waals surface area contributed by atoms with Crippen molar-refractivity contribution < 1.29 is 4.39 Å². The fraction of sp³-hybridized carbons (Fsp3) is 0.250. The molecule has 1 aromatic heterocycles. The number of imidazole rings is 1. The second-order valence-electron chi connectivity index (χ2n) is 3.75. The number of hydrogen-bond donors (Lipinski definition) is 1. The molecule has 2 rings (SSSR count). The molecule has 4 heteroatoms. The van der Waals surface area contributed by atoms with Gasteiger partial charge in [0.25, 0.3) is 0 Å². The predicted molar refractivity (Wildman–Crippen MR) is 61.6 cm³/mol. The topological polar surface area (TPSA) is 29.9 Å². The molecule has 0 radical (unpaired) electrons. The summed E-state index contributed by atoms with van der Waals surface area (Å²) in [7, 11) is 1.89. The molecule has 0 aliphatic rings. The first kappa shape index (κ1) is 10.7. The van der Waals surface area contributed by atoms with Gasteiger partial charge >= 0.3 is 0 Å². The Labute approximate surface area is 93.9 Å². The molecule has 0 saturated carbocycles. The van der Waals surface area contributed by atoms with E-state index in [1.807, 2.05) is 30.8 Å². The average molecular weight is 219 g/mol. The van der Waals surface area contributed by atoms with E-state index in [2.05, 4.69) is 10.3 Å². The third-order valence-corrected chi connectivity index (χ3v) is 2.54. The molecule has 1 aromatic carbocycles. The first-order valence-electron chi connectivity index (χ1n) is 5.17. The lowest BCUT2D eigenvalue weighted by atomic mass is 10.1. The van der Waals surface area contributed by atoms with E-state index in [1.54, 1.807) is 18.3 Å². The third-order valence-electron chi connectivity index (χ3n) is 2.54. The van der Waals surface area contributed by atoms with Gasteiger partial charge in [0, 0.05) is 25.0 Å². The summed E-state index contributed by atoms with van der Waals surface area (Å²) < 4.78 is 15.4. The van der Waals surface area contributed by atoms with Gasteiger partial charge in [0.15, 0.2) is 0 Å². The fourth-order valence-corrected chi connectivity index (χ4v) is 1.60. The Balaban J connectivity index is 2.18. The van der Waals surface area contributed by atoms with Crippen LogP contribution in [0.1, 0.15) is 18.5 Å². The molecule has 3 nitrogen and oxygen atoms in total. The minimum Gasteiger partial charge on any atom is -0.349 e. The van der Waals surface area contributed by atoms with Crippen LogP contribution in [0.4, 0.5) is 10.3 Å². The number of rotatable bonds is 3. The Kier molecular flexibility index (Phi) is 2.90. The Hall–Kier alpha value is -1.84. The molecule has 0 spiro atoms. The van der Waals surface area contributed by atoms with Gasteiger partial charge in [-0.05, 0) is 13.0 Å². The molecule has 2 aromatic rings. The second-order valence-corrected chi connectivity index (χ2v) is 3.75. The van der Waals surface area contributed by atoms with Gasteiger partial charge in [-0.25, -0.2) is 9.37 Å². The molecule has 0 amide bonds. The number of hydrogen-bond acceptors (Lipinski definition) is 2. The second kappa shape index (κ2) is 4.35. The van der Waals surface area contributed by atoms with Gasteiger partial charge in [0.05, 0.1) is 6.04 Å². The Bertz CT molecular complexity index is 479. The molecular formula is C12H14FN3. The number of nitrogens with one attached hydrogen (secondary N) is 1. The smallest absolute Gasteiger partial charge is 0.202 e. The van der Waals surface area contributed by atoms with E-state index >= 15 is 0 Å². The first-order chi connectivity index (χ1) is 7.68. The van der Waals surface area contributed by atoms with Crippen molar-refractivity contribution in [2.75, 3.05) is 5.32 Å². The van der Waals surface area contributed by atoms with Crippen LogP contribution in [0.2, 0.25) is 0 Å². The van der Waals surface area contributed by atoms with E-state index < -0.39 is 0 Å². The largest absolute Gasteiger partial charge is 0.349 e. The number of halogens is 1. The molecule has 1 atom stereocenters. The van der Waals surface area contributed by atoms with Gasteiger partial charge < -0.3 is 9.88 Å². The highest BCUT2D eigenvalue weighted by molar-refractivity contribution is 5.32. The SMILES string of the molecule is CC(Nc1nccn1C)c1ccccc1F. The van der Waals surface area contributed by atoms with Gasteiger partial charge in [0.1, 0.15) is 5.82 Å². The van der Waals surface area contributed by atoms with Crippen LogP contribution in [-0.4, -0.2) is 9.55 Å². The van der Waals surface area contributed by atoms with Gasteiger partial charge in [-0.15, -0.1) is 0 Å². The quantitative estimate of drug-likeness (QED) is 0.860. The van der Waals surface area contributed by atoms with Crippen molar-refractivity contribution in [3.63, 3.8) is 0 Å². The number of aromatic nitrogens is 2. The molecule has 0 saturated heterocycles. The molecule has 1 heterocycles. The fourth-order valence-electron chi connectivity index (χ4n) is 1.60. The molecule has 1 unspecified atom stereocenters. The molecule has 0 aliphatic carbocycles. The van der Waals surface area contributed by atoms with Crippen LogP contribution in [0, 0.1) is 5.82 Å². The monoisotopic (exact) mass is 219 g/mol. The summed E-state index contributed by atoms with van der Waals surface area (Å²) in [5.41, 5.74) is 0.644. The van der Waals surface area contributed by atoms with Crippen LogP contribution in [0.15, 0.2) is 36.7 Å². The Morgan fingerprint density at radius 2 is 2.12 bits per heavy atom. The summed E-state index contributed by atoms with van der Waals surface area (Å²) in [6.07, 6.45) is 3.55. The average Bonchev–Trinajstić information content (AvgIpc) is 2.65. The van der Waals surface area contributed by atoms with E-state index in [4.69, 9.17) is 0 Å². The summed E-state index contributed by atoms with van der Waals surface area (Å²) in [5, 5.41) is 3.16. The van der Waals surface area contributed by atoms with Crippen LogP contribution in [-0.2, 0) is 7.05 Å². The third kappa shape index (κ3) is 2.05. The number of nitrogens with zero attached hydrogens (tertiary/aromatic N) is 2. The lowest BCUT2D eigenvalue weighted by molar-refractivity contribution is 0.599. The molecule has 0 aliphatic heterocycles. The van der Waals surface area contributed by atoms with E-state index in [0.717, 1.165) is 5.95 Å². The summed E-state index contributed by atoms with van der Waals surface area (Å²) in [6, 6.07) is 6.64. The highest BCUT2D eigenvalue weighted by Gasteiger charge is 2.11. The number of benzene rings is 1. The van der Waals surface area contributed by atoms with E-state index in [9.17, 15) is 4.39 Å². The van der Waals surface area contributed by atoms with Crippen LogP contribution in [0.5, 0.6) is 0 Å². The van der Waals surface area contributed by atoms with Gasteiger partial charge in [-0.1, -0.05) is 18.2 Å². The van der Waals surface area contributed by atoms with Gasteiger partial charge in [-0.2, -0.15) is 0 Å². The van der Waals surface area contributed by atoms with Crippen molar-refractivity contribution in [3.8, 4) is 0 Å². The lowest BCUT2D eigenvalue weighted by Gasteiger charge is -2.15. The Morgan fingerprint density at radius 1 is 1.38 bits per heavy atom. The van der Waals surface area contributed by atoms with Crippen molar-refractivity contribution in [1.29, 1.82) is 0 Å². The molecule has 16 heavy (non-hydrogen) atoms. The highest BCUT2D eigenvalue weighted by atomic mass is 19.1. The minimum absolute atomic E-state index is 0.109. The van der Waals surface area contributed by atoms with Crippen molar-refractivity contribution in [2.24, 2.45) is 7.05 Å². The maximum absolute atomic E-state index is 13.5. The zero-order chi connectivity index (χ0) is 11.5. The first-order valence-corrected chi connectivity index (χ1v) is 5.17. The molecular weight excluding hydrogens is 205 g/mol. The van der Waals surface area contributed by atoms with E-state index in [-0.39, 0.29) is 11.9 Å². The lowest BCUT2D eigenvalue weighted by Crippen LogP contribution is -2.11. The van der Waals surface area contributed by atoms with E-state index in [1.165, 1.54) is 6.07 Å². The van der Waals surface area contributed by atoms with Gasteiger partial charge in [-0.3, -0.25) is 0 Å². The number of aryl methyl sites for hydroxylation is 1. The maximum Gasteiger partial charge on any atom is 0.202 e. The highest BCUT2D eigenvalue weighted by Crippen LogP contribution is 2.19. The summed E-state index contributed by atoms with van der Waals surface area (Å²) in [6.45, 7) is 1.91. The molecule has 0 fully saturated rings. The maximum atomic E-state index is 13.5. The predicted octanol–water partition coefficient (Wildman–Crippen LogP) is 2.73. The number of anilines is 1. The van der Waals surface area contributed by atoms with Crippen molar-refractivity contribution >= 4 is 5.95 Å². The van der Waals surface area contributed by atoms with Crippen molar-refractivity contribution in [3.05, 3.63) is 48.0 Å². The van der Waals surface area contributed by atoms with Crippen LogP contribution in [0.3, 0.4) is 0 Å². The normalized spacial score (nSPS) is 12.4. The molecule has 84 valence electrons. The van der Waals surface area contributed by atoms with Gasteiger partial charge in [0.2, 0.25) is 5.95 Å². The molecule has 0 bridgehead atoms. The summed E-state index contributed by atoms with van der Waals surface area (Å²) in [5.74, 6) is 0.535. The Morgan fingerprint density at radius 3 is 2.75 bits per heavy atom. The molecule has 1 N–H and O–H groups in total. The zero-order valence-corrected chi connectivity index (χ0v) is 9.31. The van der Waals surface area contributed by atoms with Crippen LogP contribution < -0.4 is 5.32 Å². The summed E-state index contributed by atoms with van der Waals surface area (Å²) >= 11 is 0. The summed E-state index contributed by atoms with van der Waals surface area (Å²) in [4.78, 5) is 4.14. The van der Waals surface area contributed by atoms with E-state index in [0.29, 0.717) is 5.56 Å². The van der Waals surface area contributed by atoms with Crippen molar-refractivity contribution in [1.82, 2.24) is 9.55 Å². The zero-order valence-electron chi connectivity index (χ0n) is 9.31. The van der Waals surface area contributed by atoms with Crippen molar-refractivity contribution in [2.45, 2.75) is 13.0 Å².